The first-order valence-electron chi connectivity index (χ1n) is 9.91. The lowest BCUT2D eigenvalue weighted by Gasteiger charge is -2.17. The van der Waals surface area contributed by atoms with Crippen molar-refractivity contribution in [3.8, 4) is 11.6 Å². The molecule has 0 radical (unpaired) electrons. The van der Waals surface area contributed by atoms with Crippen molar-refractivity contribution in [3.05, 3.63) is 53.2 Å². The van der Waals surface area contributed by atoms with E-state index in [1.807, 2.05) is 12.1 Å². The molecule has 1 aliphatic rings. The third-order valence-corrected chi connectivity index (χ3v) is 4.86. The fourth-order valence-corrected chi connectivity index (χ4v) is 3.09. The molecule has 2 heterocycles. The van der Waals surface area contributed by atoms with Crippen molar-refractivity contribution in [2.45, 2.75) is 26.4 Å². The number of aromatic nitrogens is 1. The third kappa shape index (κ3) is 7.32. The summed E-state index contributed by atoms with van der Waals surface area (Å²) in [6.07, 6.45) is 2.86. The van der Waals surface area contributed by atoms with Crippen molar-refractivity contribution in [1.29, 1.82) is 0 Å². The minimum Gasteiger partial charge on any atom is -0.493 e. The van der Waals surface area contributed by atoms with Gasteiger partial charge in [-0.05, 0) is 30.5 Å². The van der Waals surface area contributed by atoms with E-state index >= 15 is 0 Å². The Morgan fingerprint density at radius 1 is 1.23 bits per heavy atom. The number of guanidine groups is 1. The molecule has 7 nitrogen and oxygen atoms in total. The number of pyridine rings is 1. The molecule has 2 aromatic rings. The summed E-state index contributed by atoms with van der Waals surface area (Å²) in [5.41, 5.74) is 3.33. The van der Waals surface area contributed by atoms with Crippen LogP contribution in [-0.4, -0.2) is 44.9 Å². The van der Waals surface area contributed by atoms with Crippen molar-refractivity contribution in [3.63, 3.8) is 0 Å². The van der Waals surface area contributed by atoms with Gasteiger partial charge in [0, 0.05) is 50.5 Å². The quantitative estimate of drug-likeness (QED) is 0.313. The highest BCUT2D eigenvalue weighted by Crippen LogP contribution is 2.22. The number of nitrogens with zero attached hydrogens (tertiary/aromatic N) is 2. The van der Waals surface area contributed by atoms with Gasteiger partial charge in [0.25, 0.3) is 0 Å². The fraction of sp³-hybridized carbons (Fsp3) is 0.455. The third-order valence-electron chi connectivity index (χ3n) is 4.86. The molecule has 0 bridgehead atoms. The van der Waals surface area contributed by atoms with Crippen LogP contribution in [0.1, 0.15) is 23.1 Å². The number of aliphatic imine (C=N–C) groups is 1. The molecule has 1 unspecified atom stereocenters. The van der Waals surface area contributed by atoms with Crippen LogP contribution in [0, 0.1) is 12.8 Å². The molecule has 0 saturated carbocycles. The topological polar surface area (TPSA) is 77.0 Å². The summed E-state index contributed by atoms with van der Waals surface area (Å²) < 4.78 is 16.6. The summed E-state index contributed by atoms with van der Waals surface area (Å²) in [4.78, 5) is 8.52. The molecule has 8 heteroatoms. The zero-order valence-corrected chi connectivity index (χ0v) is 20.1. The lowest BCUT2D eigenvalue weighted by atomic mass is 10.1. The molecule has 1 saturated heterocycles. The number of benzene rings is 1. The van der Waals surface area contributed by atoms with Gasteiger partial charge in [-0.3, -0.25) is 4.99 Å². The molecular formula is C22H31IN4O3. The van der Waals surface area contributed by atoms with Crippen LogP contribution >= 0.6 is 24.0 Å². The van der Waals surface area contributed by atoms with Gasteiger partial charge in [-0.2, -0.15) is 0 Å². The molecule has 30 heavy (non-hydrogen) atoms. The summed E-state index contributed by atoms with van der Waals surface area (Å²) in [6.45, 7) is 5.63. The van der Waals surface area contributed by atoms with Crippen molar-refractivity contribution in [1.82, 2.24) is 15.6 Å². The van der Waals surface area contributed by atoms with Gasteiger partial charge < -0.3 is 24.8 Å². The normalized spacial score (nSPS) is 16.0. The Bertz CT molecular complexity index is 809. The summed E-state index contributed by atoms with van der Waals surface area (Å²) in [5.74, 6) is 2.71. The van der Waals surface area contributed by atoms with Crippen LogP contribution < -0.4 is 20.1 Å². The number of ether oxygens (including phenoxy) is 3. The highest BCUT2D eigenvalue weighted by atomic mass is 127. The molecular weight excluding hydrogens is 495 g/mol. The van der Waals surface area contributed by atoms with E-state index in [0.29, 0.717) is 31.5 Å². The second-order valence-corrected chi connectivity index (χ2v) is 7.14. The highest BCUT2D eigenvalue weighted by molar-refractivity contribution is 14.0. The van der Waals surface area contributed by atoms with E-state index in [2.05, 4.69) is 45.7 Å². The van der Waals surface area contributed by atoms with Crippen molar-refractivity contribution in [2.75, 3.05) is 34.0 Å². The Kier molecular flexibility index (Phi) is 10.2. The number of hydrogen-bond acceptors (Lipinski definition) is 5. The molecule has 1 atom stereocenters. The first-order chi connectivity index (χ1) is 14.2. The van der Waals surface area contributed by atoms with Crippen molar-refractivity contribution in [2.24, 2.45) is 10.9 Å². The van der Waals surface area contributed by atoms with E-state index in [1.54, 1.807) is 20.4 Å². The van der Waals surface area contributed by atoms with Gasteiger partial charge in [0.15, 0.2) is 5.96 Å². The van der Waals surface area contributed by atoms with Gasteiger partial charge in [-0.25, -0.2) is 4.98 Å². The Balaban J connectivity index is 0.00000320. The number of rotatable bonds is 8. The van der Waals surface area contributed by atoms with Gasteiger partial charge in [0.05, 0.1) is 20.3 Å². The number of hydrogen-bond donors (Lipinski definition) is 2. The predicted molar refractivity (Wildman–Crippen MR) is 129 cm³/mol. The molecule has 0 amide bonds. The minimum atomic E-state index is 0. The van der Waals surface area contributed by atoms with Crippen LogP contribution in [0.25, 0.3) is 0 Å². The maximum Gasteiger partial charge on any atom is 0.212 e. The van der Waals surface area contributed by atoms with Gasteiger partial charge in [0.1, 0.15) is 5.75 Å². The maximum absolute atomic E-state index is 6.12. The van der Waals surface area contributed by atoms with Crippen LogP contribution in [0.5, 0.6) is 11.6 Å². The van der Waals surface area contributed by atoms with Crippen LogP contribution in [0.3, 0.4) is 0 Å². The minimum absolute atomic E-state index is 0. The summed E-state index contributed by atoms with van der Waals surface area (Å²) in [5, 5.41) is 6.66. The first kappa shape index (κ1) is 24.2. The molecule has 0 spiro atoms. The largest absolute Gasteiger partial charge is 0.493 e. The average molecular weight is 526 g/mol. The number of aryl methyl sites for hydroxylation is 1. The summed E-state index contributed by atoms with van der Waals surface area (Å²) in [7, 11) is 3.37. The zero-order valence-electron chi connectivity index (χ0n) is 17.8. The van der Waals surface area contributed by atoms with Crippen LogP contribution in [-0.2, 0) is 17.8 Å². The Morgan fingerprint density at radius 3 is 2.73 bits per heavy atom. The molecule has 1 aromatic heterocycles. The van der Waals surface area contributed by atoms with Gasteiger partial charge in [0.2, 0.25) is 5.88 Å². The van der Waals surface area contributed by atoms with Crippen molar-refractivity contribution >= 4 is 29.9 Å². The first-order valence-corrected chi connectivity index (χ1v) is 9.91. The van der Waals surface area contributed by atoms with E-state index in [1.165, 1.54) is 5.56 Å². The van der Waals surface area contributed by atoms with E-state index in [4.69, 9.17) is 14.2 Å². The molecule has 164 valence electrons. The van der Waals surface area contributed by atoms with Gasteiger partial charge >= 0.3 is 0 Å². The molecule has 0 aliphatic carbocycles. The number of halogens is 1. The van der Waals surface area contributed by atoms with E-state index in [0.717, 1.165) is 42.5 Å². The van der Waals surface area contributed by atoms with Gasteiger partial charge in [-0.15, -0.1) is 24.0 Å². The van der Waals surface area contributed by atoms with E-state index in [9.17, 15) is 0 Å². The highest BCUT2D eigenvalue weighted by Gasteiger charge is 2.17. The average Bonchev–Trinajstić information content (AvgIpc) is 3.27. The van der Waals surface area contributed by atoms with Crippen LogP contribution in [0.4, 0.5) is 0 Å². The van der Waals surface area contributed by atoms with Crippen LogP contribution in [0.15, 0.2) is 41.5 Å². The Morgan fingerprint density at radius 2 is 2.07 bits per heavy atom. The lowest BCUT2D eigenvalue weighted by Crippen LogP contribution is -2.36. The monoisotopic (exact) mass is 526 g/mol. The SMILES string of the molecule is CN=C(NCc1ccc(OC)nc1)NCc1ccc(C)cc1OCC1CCOC1.I. The standard InChI is InChI=1S/C22H30N4O3.HI/c1-16-4-6-19(20(10-16)29-15-18-8-9-28-14-18)13-26-22(23-2)25-12-17-5-7-21(27-3)24-11-17;/h4-7,10-11,18H,8-9,12-15H2,1-3H3,(H2,23,25,26);1H. The summed E-state index contributed by atoms with van der Waals surface area (Å²) in [6, 6.07) is 10.1. The predicted octanol–water partition coefficient (Wildman–Crippen LogP) is 3.30. The molecule has 1 aliphatic heterocycles. The second-order valence-electron chi connectivity index (χ2n) is 7.14. The molecule has 3 rings (SSSR count). The molecule has 2 N–H and O–H groups in total. The van der Waals surface area contributed by atoms with E-state index in [-0.39, 0.29) is 24.0 Å². The lowest BCUT2D eigenvalue weighted by molar-refractivity contribution is 0.166. The fourth-order valence-electron chi connectivity index (χ4n) is 3.09. The molecule has 1 fully saturated rings. The summed E-state index contributed by atoms with van der Waals surface area (Å²) >= 11 is 0. The smallest absolute Gasteiger partial charge is 0.212 e. The van der Waals surface area contributed by atoms with Crippen molar-refractivity contribution < 1.29 is 14.2 Å². The van der Waals surface area contributed by atoms with Crippen LogP contribution in [0.2, 0.25) is 0 Å². The second kappa shape index (κ2) is 12.6. The van der Waals surface area contributed by atoms with Gasteiger partial charge in [-0.1, -0.05) is 18.2 Å². The molecule has 1 aromatic carbocycles. The Hall–Kier alpha value is -2.07. The van der Waals surface area contributed by atoms with E-state index < -0.39 is 0 Å². The number of nitrogens with one attached hydrogen (secondary N) is 2. The maximum atomic E-state index is 6.12. The zero-order chi connectivity index (χ0) is 20.5. The number of methoxy groups -OCH3 is 1. The Labute approximate surface area is 195 Å².